The van der Waals surface area contributed by atoms with Crippen molar-refractivity contribution in [1.29, 1.82) is 0 Å². The van der Waals surface area contributed by atoms with Gasteiger partial charge in [0.15, 0.2) is 0 Å². The van der Waals surface area contributed by atoms with Crippen LogP contribution in [0.3, 0.4) is 0 Å². The Kier molecular flexibility index (Phi) is 4.67. The summed E-state index contributed by atoms with van der Waals surface area (Å²) in [6.07, 6.45) is -7.17. The van der Waals surface area contributed by atoms with E-state index in [1.165, 1.54) is 6.20 Å². The van der Waals surface area contributed by atoms with Gasteiger partial charge in [-0.3, -0.25) is 0 Å². The summed E-state index contributed by atoms with van der Waals surface area (Å²) in [5.74, 6) is -0.452. The van der Waals surface area contributed by atoms with Crippen molar-refractivity contribution in [1.82, 2.24) is 4.98 Å². The lowest BCUT2D eigenvalue weighted by Gasteiger charge is -2.37. The Balaban J connectivity index is 2.16. The molecule has 2 heterocycles. The number of nitrogens with one attached hydrogen (secondary N) is 1. The highest BCUT2D eigenvalue weighted by atomic mass is 19.4. The van der Waals surface area contributed by atoms with Gasteiger partial charge in [-0.2, -0.15) is 13.2 Å². The van der Waals surface area contributed by atoms with Crippen LogP contribution in [0.25, 0.3) is 0 Å². The van der Waals surface area contributed by atoms with Crippen molar-refractivity contribution < 1.29 is 33.2 Å². The number of aliphatic hydroxyl groups excluding tert-OH is 3. The third-order valence-electron chi connectivity index (χ3n) is 3.25. The second kappa shape index (κ2) is 6.14. The number of pyridine rings is 1. The van der Waals surface area contributed by atoms with Gasteiger partial charge in [-0.25, -0.2) is 4.98 Å². The summed E-state index contributed by atoms with van der Waals surface area (Å²) in [5, 5.41) is 30.9. The Morgan fingerprint density at radius 2 is 2.05 bits per heavy atom. The second-order valence-corrected chi connectivity index (χ2v) is 4.68. The zero-order valence-corrected chi connectivity index (χ0v) is 10.8. The van der Waals surface area contributed by atoms with E-state index in [1.807, 2.05) is 0 Å². The van der Waals surface area contributed by atoms with Crippen LogP contribution < -0.4 is 5.32 Å². The molecule has 4 atom stereocenters. The SMILES string of the molecule is OC[C@H]1OC[C@H](Nc2ncccc2C(F)(F)F)[C@@H](O)C1O. The van der Waals surface area contributed by atoms with Crippen LogP contribution in [0.2, 0.25) is 0 Å². The molecule has 0 radical (unpaired) electrons. The van der Waals surface area contributed by atoms with E-state index in [9.17, 15) is 23.4 Å². The molecule has 2 rings (SSSR count). The molecule has 118 valence electrons. The fourth-order valence-electron chi connectivity index (χ4n) is 2.09. The molecule has 0 amide bonds. The normalized spacial score (nSPS) is 30.2. The van der Waals surface area contributed by atoms with Crippen molar-refractivity contribution in [2.75, 3.05) is 18.5 Å². The number of nitrogens with zero attached hydrogens (tertiary/aromatic N) is 1. The molecule has 9 heteroatoms. The molecule has 6 nitrogen and oxygen atoms in total. The monoisotopic (exact) mass is 308 g/mol. The summed E-state index contributed by atoms with van der Waals surface area (Å²) in [6, 6.07) is 1.04. The van der Waals surface area contributed by atoms with Crippen molar-refractivity contribution >= 4 is 5.82 Å². The third-order valence-corrected chi connectivity index (χ3v) is 3.25. The van der Waals surface area contributed by atoms with Crippen LogP contribution in [0, 0.1) is 0 Å². The highest BCUT2D eigenvalue weighted by Crippen LogP contribution is 2.34. The Morgan fingerprint density at radius 3 is 2.67 bits per heavy atom. The molecule has 21 heavy (non-hydrogen) atoms. The van der Waals surface area contributed by atoms with E-state index >= 15 is 0 Å². The summed E-state index contributed by atoms with van der Waals surface area (Å²) in [5.41, 5.74) is -0.976. The Bertz CT molecular complexity index is 486. The number of alkyl halides is 3. The number of aromatic nitrogens is 1. The van der Waals surface area contributed by atoms with Gasteiger partial charge in [0.25, 0.3) is 0 Å². The molecule has 1 saturated heterocycles. The molecule has 0 spiro atoms. The standard InChI is InChI=1S/C12H15F3N2O4/c13-12(14,15)6-2-1-3-16-11(6)17-7-5-21-8(4-18)10(20)9(7)19/h1-3,7-10,18-20H,4-5H2,(H,16,17)/t7-,8+,9+,10?/m0/s1. The number of anilines is 1. The van der Waals surface area contributed by atoms with Gasteiger partial charge >= 0.3 is 6.18 Å². The molecule has 0 saturated carbocycles. The van der Waals surface area contributed by atoms with Crippen molar-refractivity contribution in [2.24, 2.45) is 0 Å². The van der Waals surface area contributed by atoms with Crippen LogP contribution in [0.1, 0.15) is 5.56 Å². The Morgan fingerprint density at radius 1 is 1.33 bits per heavy atom. The highest BCUT2D eigenvalue weighted by Gasteiger charge is 2.40. The molecule has 0 aliphatic carbocycles. The molecule has 0 aromatic carbocycles. The van der Waals surface area contributed by atoms with E-state index in [2.05, 4.69) is 10.3 Å². The number of rotatable bonds is 3. The van der Waals surface area contributed by atoms with E-state index in [4.69, 9.17) is 9.84 Å². The van der Waals surface area contributed by atoms with Gasteiger partial charge in [-0.05, 0) is 12.1 Å². The van der Waals surface area contributed by atoms with E-state index in [0.717, 1.165) is 12.1 Å². The van der Waals surface area contributed by atoms with E-state index in [1.54, 1.807) is 0 Å². The van der Waals surface area contributed by atoms with E-state index in [0.29, 0.717) is 0 Å². The largest absolute Gasteiger partial charge is 0.419 e. The van der Waals surface area contributed by atoms with Crippen LogP contribution in [-0.2, 0) is 10.9 Å². The van der Waals surface area contributed by atoms with Crippen molar-refractivity contribution in [2.45, 2.75) is 30.5 Å². The number of hydrogen-bond acceptors (Lipinski definition) is 6. The summed E-state index contributed by atoms with van der Waals surface area (Å²) in [7, 11) is 0. The molecule has 4 N–H and O–H groups in total. The lowest BCUT2D eigenvalue weighted by molar-refractivity contribution is -0.153. The van der Waals surface area contributed by atoms with Crippen molar-refractivity contribution in [3.05, 3.63) is 23.9 Å². The first kappa shape index (κ1) is 16.0. The van der Waals surface area contributed by atoms with E-state index in [-0.39, 0.29) is 6.61 Å². The first-order valence-corrected chi connectivity index (χ1v) is 6.22. The average molecular weight is 308 g/mol. The molecular weight excluding hydrogens is 293 g/mol. The maximum atomic E-state index is 12.8. The minimum Gasteiger partial charge on any atom is -0.394 e. The van der Waals surface area contributed by atoms with E-state index < -0.39 is 48.5 Å². The summed E-state index contributed by atoms with van der Waals surface area (Å²) in [6.45, 7) is -0.667. The molecular formula is C12H15F3N2O4. The molecule has 1 aromatic rings. The number of halogens is 3. The lowest BCUT2D eigenvalue weighted by Crippen LogP contribution is -2.56. The van der Waals surface area contributed by atoms with Gasteiger partial charge in [-0.1, -0.05) is 0 Å². The van der Waals surface area contributed by atoms with Gasteiger partial charge in [0.1, 0.15) is 24.1 Å². The number of aliphatic hydroxyl groups is 3. The molecule has 1 unspecified atom stereocenters. The minimum absolute atomic E-state index is 0.169. The smallest absolute Gasteiger partial charge is 0.394 e. The van der Waals surface area contributed by atoms with Crippen molar-refractivity contribution in [3.63, 3.8) is 0 Å². The molecule has 1 aliphatic heterocycles. The third kappa shape index (κ3) is 3.43. The predicted octanol–water partition coefficient (Wildman–Crippen LogP) is -0.00620. The van der Waals surface area contributed by atoms with Gasteiger partial charge in [0.2, 0.25) is 0 Å². The van der Waals surface area contributed by atoms with Crippen LogP contribution in [0.5, 0.6) is 0 Å². The summed E-state index contributed by atoms with van der Waals surface area (Å²) >= 11 is 0. The van der Waals surface area contributed by atoms with Gasteiger partial charge in [0, 0.05) is 6.20 Å². The molecule has 0 bridgehead atoms. The number of hydrogen-bond donors (Lipinski definition) is 4. The first-order valence-electron chi connectivity index (χ1n) is 6.22. The maximum absolute atomic E-state index is 12.8. The lowest BCUT2D eigenvalue weighted by atomic mass is 9.98. The van der Waals surface area contributed by atoms with Gasteiger partial charge < -0.3 is 25.4 Å². The summed E-state index contributed by atoms with van der Waals surface area (Å²) in [4.78, 5) is 3.61. The average Bonchev–Trinajstić information content (AvgIpc) is 2.44. The Hall–Kier alpha value is -1.42. The molecule has 1 fully saturated rings. The summed E-state index contributed by atoms with van der Waals surface area (Å²) < 4.78 is 43.6. The topological polar surface area (TPSA) is 94.8 Å². The zero-order chi connectivity index (χ0) is 15.6. The van der Waals surface area contributed by atoms with Gasteiger partial charge in [-0.15, -0.1) is 0 Å². The quantitative estimate of drug-likeness (QED) is 0.628. The fraction of sp³-hybridized carbons (Fsp3) is 0.583. The molecule has 1 aromatic heterocycles. The van der Waals surface area contributed by atoms with Crippen LogP contribution in [0.15, 0.2) is 18.3 Å². The van der Waals surface area contributed by atoms with Crippen LogP contribution in [0.4, 0.5) is 19.0 Å². The molecule has 1 aliphatic rings. The second-order valence-electron chi connectivity index (χ2n) is 4.68. The van der Waals surface area contributed by atoms with Crippen LogP contribution in [-0.4, -0.2) is 57.9 Å². The van der Waals surface area contributed by atoms with Crippen LogP contribution >= 0.6 is 0 Å². The Labute approximate surface area is 118 Å². The van der Waals surface area contributed by atoms with Crippen molar-refractivity contribution in [3.8, 4) is 0 Å². The first-order chi connectivity index (χ1) is 9.84. The number of ether oxygens (including phenoxy) is 1. The van der Waals surface area contributed by atoms with Gasteiger partial charge in [0.05, 0.1) is 24.8 Å². The zero-order valence-electron chi connectivity index (χ0n) is 10.8. The highest BCUT2D eigenvalue weighted by molar-refractivity contribution is 5.46. The predicted molar refractivity (Wildman–Crippen MR) is 65.5 cm³/mol. The maximum Gasteiger partial charge on any atom is 0.419 e. The minimum atomic E-state index is -4.59. The fourth-order valence-corrected chi connectivity index (χ4v) is 2.09.